The number of hydrogen-bond donors (Lipinski definition) is 0. The van der Waals surface area contributed by atoms with Gasteiger partial charge in [-0.2, -0.15) is 0 Å². The van der Waals surface area contributed by atoms with Gasteiger partial charge < -0.3 is 14.2 Å². The molecule has 8 heteroatoms. The van der Waals surface area contributed by atoms with Crippen molar-refractivity contribution >= 4 is 52.1 Å². The van der Waals surface area contributed by atoms with Crippen LogP contribution in [0.25, 0.3) is 0 Å². The first-order valence-electron chi connectivity index (χ1n) is 12.2. The van der Waals surface area contributed by atoms with Crippen molar-refractivity contribution in [3.8, 4) is 0 Å². The van der Waals surface area contributed by atoms with E-state index in [4.69, 9.17) is 44.3 Å². The van der Waals surface area contributed by atoms with Crippen molar-refractivity contribution in [2.24, 2.45) is 5.92 Å². The molecule has 2 aromatic rings. The maximum absolute atomic E-state index is 11.0. The number of aryl methyl sites for hydroxylation is 2. The fourth-order valence-corrected chi connectivity index (χ4v) is 5.96. The first-order valence-corrected chi connectivity index (χ1v) is 14.2. The normalized spacial score (nSPS) is 19.9. The summed E-state index contributed by atoms with van der Waals surface area (Å²) in [6.07, 6.45) is 8.00. The van der Waals surface area contributed by atoms with Crippen LogP contribution < -0.4 is 0 Å². The van der Waals surface area contributed by atoms with Crippen LogP contribution in [-0.4, -0.2) is 37.5 Å². The molecule has 0 spiro atoms. The molecule has 2 fully saturated rings. The third kappa shape index (κ3) is 12.6. The van der Waals surface area contributed by atoms with Gasteiger partial charge in [-0.3, -0.25) is 0 Å². The quantitative estimate of drug-likeness (QED) is 0.253. The van der Waals surface area contributed by atoms with E-state index in [9.17, 15) is 4.79 Å². The maximum atomic E-state index is 11.0. The number of ether oxygens (including phenoxy) is 3. The summed E-state index contributed by atoms with van der Waals surface area (Å²) >= 11 is 19.5. The number of methoxy groups -OCH3 is 1. The fraction of sp³-hybridized carbons (Fsp3) is 0.607. The molecule has 4 rings (SSSR count). The maximum Gasteiger partial charge on any atom is 0.348 e. The molecule has 2 heterocycles. The van der Waals surface area contributed by atoms with E-state index in [-0.39, 0.29) is 19.2 Å². The molecule has 204 valence electrons. The summed E-state index contributed by atoms with van der Waals surface area (Å²) < 4.78 is 14.8. The molecule has 1 saturated carbocycles. The summed E-state index contributed by atoms with van der Waals surface area (Å²) in [5.41, 5.74) is 1.23. The number of carbonyl (C=O) groups is 1. The largest absolute Gasteiger partial charge is 0.465 e. The second kappa shape index (κ2) is 16.9. The van der Waals surface area contributed by atoms with E-state index in [1.54, 1.807) is 6.07 Å². The minimum absolute atomic E-state index is 0. The predicted octanol–water partition coefficient (Wildman–Crippen LogP) is 9.23. The molecule has 2 unspecified atom stereocenters. The second-order valence-electron chi connectivity index (χ2n) is 9.20. The van der Waals surface area contributed by atoms with E-state index < -0.39 is 0 Å². The van der Waals surface area contributed by atoms with E-state index in [0.29, 0.717) is 10.3 Å². The Kier molecular flexibility index (Phi) is 15.6. The highest BCUT2D eigenvalue weighted by Gasteiger charge is 2.24. The highest BCUT2D eigenvalue weighted by atomic mass is 35.5. The average Bonchev–Trinajstić information content (AvgIpc) is 3.54. The third-order valence-electron chi connectivity index (χ3n) is 5.77. The van der Waals surface area contributed by atoms with E-state index in [2.05, 4.69) is 11.7 Å². The standard InChI is InChI=1S/C13H15Cl3.C9H12O2S.C5H10O2.CH4/c14-11-4-3-9(5-11)1-2-10-6-12(15)8-13(16)7-10;1-3-4-7-5-6-8(12-7)9(10)11-2;1-5(2)6-3-4-7-5;/h6-9,11H,1-5H2;5-6H,3-4H2,1-2H3;3-4H2,1-2H3;1H4. The Labute approximate surface area is 236 Å². The molecule has 1 aromatic heterocycles. The van der Waals surface area contributed by atoms with Gasteiger partial charge in [0.1, 0.15) is 4.88 Å². The van der Waals surface area contributed by atoms with Gasteiger partial charge in [0.05, 0.1) is 20.3 Å². The Balaban J connectivity index is 0.000000286. The number of hydrogen-bond acceptors (Lipinski definition) is 5. The number of benzene rings is 1. The molecule has 0 N–H and O–H groups in total. The van der Waals surface area contributed by atoms with Crippen LogP contribution in [0.5, 0.6) is 0 Å². The smallest absolute Gasteiger partial charge is 0.348 e. The highest BCUT2D eigenvalue weighted by molar-refractivity contribution is 7.13. The average molecular weight is 580 g/mol. The van der Waals surface area contributed by atoms with Gasteiger partial charge in [-0.15, -0.1) is 22.9 Å². The number of esters is 1. The number of rotatable bonds is 6. The van der Waals surface area contributed by atoms with Crippen molar-refractivity contribution in [3.63, 3.8) is 0 Å². The van der Waals surface area contributed by atoms with Crippen molar-refractivity contribution in [2.45, 2.75) is 84.3 Å². The predicted molar refractivity (Wildman–Crippen MR) is 154 cm³/mol. The Morgan fingerprint density at radius 3 is 2.19 bits per heavy atom. The zero-order valence-electron chi connectivity index (χ0n) is 21.1. The lowest BCUT2D eigenvalue weighted by molar-refractivity contribution is -0.125. The van der Waals surface area contributed by atoms with E-state index in [1.165, 1.54) is 48.1 Å². The number of carbonyl (C=O) groups excluding carboxylic acids is 1. The van der Waals surface area contributed by atoms with Crippen LogP contribution in [-0.2, 0) is 27.1 Å². The summed E-state index contributed by atoms with van der Waals surface area (Å²) in [4.78, 5) is 13.0. The fourth-order valence-electron chi connectivity index (χ4n) is 3.99. The molecule has 0 bridgehead atoms. The Hall–Kier alpha value is -0.820. The summed E-state index contributed by atoms with van der Waals surface area (Å²) in [7, 11) is 1.40. The van der Waals surface area contributed by atoms with E-state index >= 15 is 0 Å². The Morgan fingerprint density at radius 1 is 1.08 bits per heavy atom. The van der Waals surface area contributed by atoms with Gasteiger partial charge >= 0.3 is 5.97 Å². The van der Waals surface area contributed by atoms with Crippen molar-refractivity contribution in [1.82, 2.24) is 0 Å². The SMILES string of the molecule is C.CC1(C)OCCO1.CCCc1ccc(C(=O)OC)s1.Clc1cc(Cl)cc(CCC2CCC(Cl)C2)c1. The molecule has 1 saturated heterocycles. The number of thiophene rings is 1. The van der Waals surface area contributed by atoms with Crippen LogP contribution in [0.3, 0.4) is 0 Å². The highest BCUT2D eigenvalue weighted by Crippen LogP contribution is 2.33. The third-order valence-corrected chi connectivity index (χ3v) is 7.73. The minimum atomic E-state index is -0.306. The first kappa shape index (κ1) is 33.2. The van der Waals surface area contributed by atoms with Crippen LogP contribution in [0, 0.1) is 5.92 Å². The second-order valence-corrected chi connectivity index (χ2v) is 11.9. The van der Waals surface area contributed by atoms with E-state index in [1.807, 2.05) is 38.1 Å². The van der Waals surface area contributed by atoms with Gasteiger partial charge in [0.15, 0.2) is 5.79 Å². The van der Waals surface area contributed by atoms with Crippen molar-refractivity contribution in [1.29, 1.82) is 0 Å². The molecule has 1 aromatic carbocycles. The molecule has 2 aliphatic rings. The zero-order chi connectivity index (χ0) is 25.8. The van der Waals surface area contributed by atoms with Gasteiger partial charge in [0, 0.05) is 20.3 Å². The number of halogens is 3. The van der Waals surface area contributed by atoms with Crippen LogP contribution in [0.1, 0.15) is 80.4 Å². The Morgan fingerprint density at radius 2 is 1.72 bits per heavy atom. The van der Waals surface area contributed by atoms with E-state index in [0.717, 1.165) is 54.9 Å². The van der Waals surface area contributed by atoms with Gasteiger partial charge in [-0.25, -0.2) is 4.79 Å². The van der Waals surface area contributed by atoms with Gasteiger partial charge in [0.25, 0.3) is 0 Å². The topological polar surface area (TPSA) is 44.8 Å². The molecule has 36 heavy (non-hydrogen) atoms. The molecule has 1 aliphatic carbocycles. The van der Waals surface area contributed by atoms with Crippen LogP contribution in [0.15, 0.2) is 30.3 Å². The molecule has 0 radical (unpaired) electrons. The molecular weight excluding hydrogens is 539 g/mol. The molecule has 4 nitrogen and oxygen atoms in total. The summed E-state index contributed by atoms with van der Waals surface area (Å²) in [5, 5.41) is 1.85. The lowest BCUT2D eigenvalue weighted by Gasteiger charge is -2.13. The Bertz CT molecular complexity index is 888. The summed E-state index contributed by atoms with van der Waals surface area (Å²) in [6, 6.07) is 9.58. The minimum Gasteiger partial charge on any atom is -0.465 e. The van der Waals surface area contributed by atoms with Crippen LogP contribution >= 0.6 is 46.1 Å². The van der Waals surface area contributed by atoms with Crippen LogP contribution in [0.2, 0.25) is 10.0 Å². The van der Waals surface area contributed by atoms with Crippen molar-refractivity contribution in [3.05, 3.63) is 55.7 Å². The monoisotopic (exact) mass is 578 g/mol. The first-order chi connectivity index (χ1) is 16.6. The lowest BCUT2D eigenvalue weighted by atomic mass is 9.98. The zero-order valence-corrected chi connectivity index (χ0v) is 24.2. The van der Waals surface area contributed by atoms with Crippen molar-refractivity contribution < 1.29 is 19.0 Å². The molecular formula is C28H41Cl3O4S. The van der Waals surface area contributed by atoms with Gasteiger partial charge in [-0.1, -0.05) is 44.0 Å². The van der Waals surface area contributed by atoms with Crippen LogP contribution in [0.4, 0.5) is 0 Å². The van der Waals surface area contributed by atoms with Gasteiger partial charge in [-0.05, 0) is 94.2 Å². The van der Waals surface area contributed by atoms with Gasteiger partial charge in [0.2, 0.25) is 0 Å². The lowest BCUT2D eigenvalue weighted by Crippen LogP contribution is -2.18. The van der Waals surface area contributed by atoms with Crippen molar-refractivity contribution in [2.75, 3.05) is 20.3 Å². The number of alkyl halides is 1. The molecule has 1 aliphatic heterocycles. The summed E-state index contributed by atoms with van der Waals surface area (Å²) in [6.45, 7) is 7.44. The molecule has 2 atom stereocenters. The summed E-state index contributed by atoms with van der Waals surface area (Å²) in [5.74, 6) is 0.239. The molecule has 0 amide bonds.